The maximum Gasteiger partial charge on any atom is 0.274 e. The highest BCUT2D eigenvalue weighted by Crippen LogP contribution is 2.17. The van der Waals surface area contributed by atoms with E-state index >= 15 is 0 Å². The van der Waals surface area contributed by atoms with Crippen LogP contribution in [0.15, 0.2) is 71.9 Å². The van der Waals surface area contributed by atoms with Crippen LogP contribution in [0.5, 0.6) is 0 Å². The second-order valence-electron chi connectivity index (χ2n) is 7.40. The molecule has 6 heteroatoms. The van der Waals surface area contributed by atoms with Crippen molar-refractivity contribution in [2.24, 2.45) is 0 Å². The molecule has 150 valence electrons. The van der Waals surface area contributed by atoms with Gasteiger partial charge in [0.2, 0.25) is 0 Å². The van der Waals surface area contributed by atoms with Crippen LogP contribution in [-0.4, -0.2) is 25.8 Å². The van der Waals surface area contributed by atoms with Gasteiger partial charge < -0.3 is 9.88 Å². The number of aromatic amines is 1. The van der Waals surface area contributed by atoms with Crippen LogP contribution in [0.3, 0.4) is 0 Å². The number of rotatable bonds is 5. The lowest BCUT2D eigenvalue weighted by Gasteiger charge is -2.22. The summed E-state index contributed by atoms with van der Waals surface area (Å²) in [5, 5.41) is 0.937. The average molecular weight is 398 g/mol. The third-order valence-corrected chi connectivity index (χ3v) is 5.09. The molecule has 0 saturated heterocycles. The number of H-pyrrole nitrogens is 1. The van der Waals surface area contributed by atoms with E-state index in [9.17, 15) is 9.59 Å². The standard InChI is InChI=1S/C24H22N4O2/c1-16-6-8-18(9-7-16)14-28(24(30)21-13-25-10-11-26-21)15-20-12-19-5-3-4-17(2)22(19)27-23(20)29/h3-13H,14-15H2,1-2H3,(H,27,29). The Hall–Kier alpha value is -3.80. The summed E-state index contributed by atoms with van der Waals surface area (Å²) in [7, 11) is 0. The summed E-state index contributed by atoms with van der Waals surface area (Å²) in [5.74, 6) is -0.271. The van der Waals surface area contributed by atoms with Crippen molar-refractivity contribution < 1.29 is 4.79 Å². The van der Waals surface area contributed by atoms with Gasteiger partial charge in [-0.05, 0) is 36.4 Å². The van der Waals surface area contributed by atoms with Crippen LogP contribution in [0.2, 0.25) is 0 Å². The summed E-state index contributed by atoms with van der Waals surface area (Å²) >= 11 is 0. The molecule has 0 bridgehead atoms. The zero-order chi connectivity index (χ0) is 21.1. The minimum Gasteiger partial charge on any atom is -0.328 e. The number of aryl methyl sites for hydroxylation is 2. The van der Waals surface area contributed by atoms with Gasteiger partial charge in [-0.15, -0.1) is 0 Å². The minimum atomic E-state index is -0.271. The molecule has 0 saturated carbocycles. The number of pyridine rings is 1. The summed E-state index contributed by atoms with van der Waals surface area (Å²) in [6.07, 6.45) is 4.46. The lowest BCUT2D eigenvalue weighted by molar-refractivity contribution is 0.0723. The van der Waals surface area contributed by atoms with Gasteiger partial charge in [0.15, 0.2) is 0 Å². The van der Waals surface area contributed by atoms with Crippen LogP contribution < -0.4 is 5.56 Å². The molecule has 0 aliphatic carbocycles. The molecule has 0 aliphatic heterocycles. The predicted octanol–water partition coefficient (Wildman–Crippen LogP) is 3.78. The number of benzene rings is 2. The molecule has 1 amide bonds. The van der Waals surface area contributed by atoms with Gasteiger partial charge in [-0.25, -0.2) is 4.98 Å². The summed E-state index contributed by atoms with van der Waals surface area (Å²) < 4.78 is 0. The highest BCUT2D eigenvalue weighted by atomic mass is 16.2. The lowest BCUT2D eigenvalue weighted by atomic mass is 10.1. The Morgan fingerprint density at radius 2 is 1.83 bits per heavy atom. The maximum atomic E-state index is 13.2. The third-order valence-electron chi connectivity index (χ3n) is 5.09. The molecular weight excluding hydrogens is 376 g/mol. The Labute approximate surface area is 174 Å². The van der Waals surface area contributed by atoms with E-state index < -0.39 is 0 Å². The zero-order valence-electron chi connectivity index (χ0n) is 16.9. The Bertz CT molecular complexity index is 1250. The molecule has 4 aromatic rings. The van der Waals surface area contributed by atoms with Gasteiger partial charge in [-0.1, -0.05) is 48.0 Å². The number of carbonyl (C=O) groups is 1. The second-order valence-corrected chi connectivity index (χ2v) is 7.40. The van der Waals surface area contributed by atoms with Gasteiger partial charge in [0.25, 0.3) is 11.5 Å². The summed E-state index contributed by atoms with van der Waals surface area (Å²) in [6, 6.07) is 15.7. The smallest absolute Gasteiger partial charge is 0.274 e. The van der Waals surface area contributed by atoms with E-state index in [1.54, 1.807) is 4.90 Å². The van der Waals surface area contributed by atoms with Crippen molar-refractivity contribution >= 4 is 16.8 Å². The predicted molar refractivity (Wildman–Crippen MR) is 116 cm³/mol. The average Bonchev–Trinajstić information content (AvgIpc) is 2.76. The SMILES string of the molecule is Cc1ccc(CN(Cc2cc3cccc(C)c3[nH]c2=O)C(=O)c2cnccn2)cc1. The van der Waals surface area contributed by atoms with E-state index in [0.29, 0.717) is 12.1 Å². The van der Waals surface area contributed by atoms with E-state index in [4.69, 9.17) is 0 Å². The van der Waals surface area contributed by atoms with E-state index in [1.165, 1.54) is 18.6 Å². The van der Waals surface area contributed by atoms with Crippen LogP contribution in [0.1, 0.15) is 32.7 Å². The molecule has 30 heavy (non-hydrogen) atoms. The number of para-hydroxylation sites is 1. The number of nitrogens with one attached hydrogen (secondary N) is 1. The van der Waals surface area contributed by atoms with E-state index in [-0.39, 0.29) is 23.7 Å². The van der Waals surface area contributed by atoms with E-state index in [1.807, 2.05) is 62.4 Å². The first-order chi connectivity index (χ1) is 14.5. The quantitative estimate of drug-likeness (QED) is 0.555. The number of fused-ring (bicyclic) bond motifs is 1. The fraction of sp³-hybridized carbons (Fsp3) is 0.167. The molecule has 4 rings (SSSR count). The monoisotopic (exact) mass is 398 g/mol. The van der Waals surface area contributed by atoms with Crippen LogP contribution in [-0.2, 0) is 13.1 Å². The largest absolute Gasteiger partial charge is 0.328 e. The molecule has 0 atom stereocenters. The van der Waals surface area contributed by atoms with Gasteiger partial charge in [0.1, 0.15) is 5.69 Å². The molecular formula is C24H22N4O2. The Kier molecular flexibility index (Phi) is 5.39. The van der Waals surface area contributed by atoms with E-state index in [0.717, 1.165) is 27.6 Å². The van der Waals surface area contributed by atoms with Gasteiger partial charge in [0.05, 0.1) is 18.3 Å². The third kappa shape index (κ3) is 4.12. The molecule has 0 fully saturated rings. The second kappa shape index (κ2) is 8.29. The molecule has 2 aromatic carbocycles. The van der Waals surface area contributed by atoms with Crippen LogP contribution >= 0.6 is 0 Å². The van der Waals surface area contributed by atoms with Crippen LogP contribution in [0.25, 0.3) is 10.9 Å². The number of hydrogen-bond donors (Lipinski definition) is 1. The molecule has 0 spiro atoms. The number of carbonyl (C=O) groups excluding carboxylic acids is 1. The maximum absolute atomic E-state index is 13.2. The molecule has 1 N–H and O–H groups in total. The molecule has 0 aliphatic rings. The van der Waals surface area contributed by atoms with Crippen molar-refractivity contribution in [3.05, 3.63) is 105 Å². The topological polar surface area (TPSA) is 79.0 Å². The van der Waals surface area contributed by atoms with Crippen molar-refractivity contribution in [3.8, 4) is 0 Å². The van der Waals surface area contributed by atoms with Crippen molar-refractivity contribution in [1.29, 1.82) is 0 Å². The van der Waals surface area contributed by atoms with Crippen LogP contribution in [0.4, 0.5) is 0 Å². The molecule has 0 radical (unpaired) electrons. The summed E-state index contributed by atoms with van der Waals surface area (Å²) in [5.41, 5.74) is 4.52. The Morgan fingerprint density at radius 3 is 2.57 bits per heavy atom. The fourth-order valence-electron chi connectivity index (χ4n) is 3.44. The highest BCUT2D eigenvalue weighted by molar-refractivity contribution is 5.92. The first-order valence-corrected chi connectivity index (χ1v) is 9.73. The molecule has 0 unspecified atom stereocenters. The normalized spacial score (nSPS) is 10.9. The lowest BCUT2D eigenvalue weighted by Crippen LogP contribution is -2.33. The Balaban J connectivity index is 1.71. The molecule has 2 heterocycles. The number of aromatic nitrogens is 3. The van der Waals surface area contributed by atoms with Gasteiger partial charge in [-0.2, -0.15) is 0 Å². The molecule has 2 aromatic heterocycles. The number of hydrogen-bond acceptors (Lipinski definition) is 4. The van der Waals surface area contributed by atoms with Gasteiger partial charge in [-0.3, -0.25) is 14.6 Å². The van der Waals surface area contributed by atoms with Crippen LogP contribution in [0, 0.1) is 13.8 Å². The number of nitrogens with zero attached hydrogens (tertiary/aromatic N) is 3. The highest BCUT2D eigenvalue weighted by Gasteiger charge is 2.20. The molecule has 6 nitrogen and oxygen atoms in total. The fourth-order valence-corrected chi connectivity index (χ4v) is 3.44. The Morgan fingerprint density at radius 1 is 1.03 bits per heavy atom. The summed E-state index contributed by atoms with van der Waals surface area (Å²) in [4.78, 5) is 38.6. The van der Waals surface area contributed by atoms with Gasteiger partial charge >= 0.3 is 0 Å². The summed E-state index contributed by atoms with van der Waals surface area (Å²) in [6.45, 7) is 4.51. The van der Waals surface area contributed by atoms with Crippen molar-refractivity contribution in [3.63, 3.8) is 0 Å². The zero-order valence-corrected chi connectivity index (χ0v) is 16.9. The minimum absolute atomic E-state index is 0.169. The van der Waals surface area contributed by atoms with Gasteiger partial charge in [0, 0.05) is 24.5 Å². The van der Waals surface area contributed by atoms with Crippen molar-refractivity contribution in [1.82, 2.24) is 19.9 Å². The first kappa shape index (κ1) is 19.5. The van der Waals surface area contributed by atoms with E-state index in [2.05, 4.69) is 15.0 Å². The van der Waals surface area contributed by atoms with Crippen molar-refractivity contribution in [2.45, 2.75) is 26.9 Å². The first-order valence-electron chi connectivity index (χ1n) is 9.73. The van der Waals surface area contributed by atoms with Crippen molar-refractivity contribution in [2.75, 3.05) is 0 Å². The number of amides is 1.